The minimum absolute atomic E-state index is 0.529. The van der Waals surface area contributed by atoms with Gasteiger partial charge in [-0.05, 0) is 63.9 Å². The van der Waals surface area contributed by atoms with Crippen LogP contribution in [0.1, 0.15) is 39.0 Å². The van der Waals surface area contributed by atoms with Crippen molar-refractivity contribution >= 4 is 11.8 Å². The van der Waals surface area contributed by atoms with Gasteiger partial charge in [0.05, 0.1) is 6.10 Å². The maximum Gasteiger partial charge on any atom is 0.0599 e. The Morgan fingerprint density at radius 2 is 1.65 bits per heavy atom. The molecule has 2 heterocycles. The molecule has 0 aromatic carbocycles. The molecule has 0 aromatic rings. The molecule has 2 aliphatic heterocycles. The zero-order valence-electron chi connectivity index (χ0n) is 13.4. The van der Waals surface area contributed by atoms with Gasteiger partial charge in [0, 0.05) is 25.6 Å². The second-order valence-corrected chi connectivity index (χ2v) is 7.19. The van der Waals surface area contributed by atoms with Crippen molar-refractivity contribution in [3.05, 3.63) is 0 Å². The van der Waals surface area contributed by atoms with Gasteiger partial charge in [0.1, 0.15) is 0 Å². The number of ether oxygens (including phenoxy) is 1. The SMILES string of the molecule is CCCN1CCC(COC2CCN(CSC)CC2)CC1. The highest BCUT2D eigenvalue weighted by Gasteiger charge is 2.22. The summed E-state index contributed by atoms with van der Waals surface area (Å²) in [4.78, 5) is 5.16. The number of hydrogen-bond acceptors (Lipinski definition) is 4. The van der Waals surface area contributed by atoms with Crippen LogP contribution in [0.3, 0.4) is 0 Å². The molecule has 0 saturated carbocycles. The largest absolute Gasteiger partial charge is 0.378 e. The normalized spacial score (nSPS) is 24.3. The molecule has 0 bridgehead atoms. The van der Waals surface area contributed by atoms with Crippen LogP contribution in [0.5, 0.6) is 0 Å². The zero-order valence-corrected chi connectivity index (χ0v) is 14.2. The lowest BCUT2D eigenvalue weighted by molar-refractivity contribution is -0.0165. The van der Waals surface area contributed by atoms with Gasteiger partial charge in [0.15, 0.2) is 0 Å². The smallest absolute Gasteiger partial charge is 0.0599 e. The number of piperidine rings is 2. The van der Waals surface area contributed by atoms with Crippen LogP contribution in [0, 0.1) is 5.92 Å². The molecule has 0 atom stereocenters. The first-order valence-corrected chi connectivity index (χ1v) is 9.76. The van der Waals surface area contributed by atoms with Crippen molar-refractivity contribution in [1.29, 1.82) is 0 Å². The first-order chi connectivity index (χ1) is 9.81. The minimum Gasteiger partial charge on any atom is -0.378 e. The highest BCUT2D eigenvalue weighted by Crippen LogP contribution is 2.21. The van der Waals surface area contributed by atoms with Crippen LogP contribution in [-0.4, -0.2) is 67.4 Å². The molecule has 2 aliphatic rings. The predicted molar refractivity (Wildman–Crippen MR) is 88.4 cm³/mol. The average molecular weight is 301 g/mol. The molecule has 2 fully saturated rings. The van der Waals surface area contributed by atoms with Crippen molar-refractivity contribution in [3.63, 3.8) is 0 Å². The van der Waals surface area contributed by atoms with Crippen LogP contribution < -0.4 is 0 Å². The standard InChI is InChI=1S/C16H32N2OS/c1-3-8-17-9-4-15(5-10-17)13-19-16-6-11-18(12-7-16)14-20-2/h15-16H,3-14H2,1-2H3. The Labute approximate surface area is 129 Å². The van der Waals surface area contributed by atoms with Crippen molar-refractivity contribution in [2.45, 2.75) is 45.1 Å². The molecule has 0 unspecified atom stereocenters. The quantitative estimate of drug-likeness (QED) is 0.718. The highest BCUT2D eigenvalue weighted by atomic mass is 32.2. The number of rotatable bonds is 7. The molecule has 20 heavy (non-hydrogen) atoms. The van der Waals surface area contributed by atoms with Crippen LogP contribution in [0.15, 0.2) is 0 Å². The molecule has 3 nitrogen and oxygen atoms in total. The first kappa shape index (κ1) is 16.6. The third-order valence-corrected chi connectivity index (χ3v) is 5.28. The van der Waals surface area contributed by atoms with Crippen LogP contribution in [0.25, 0.3) is 0 Å². The van der Waals surface area contributed by atoms with E-state index in [2.05, 4.69) is 23.0 Å². The Morgan fingerprint density at radius 1 is 1.00 bits per heavy atom. The molecule has 118 valence electrons. The van der Waals surface area contributed by atoms with E-state index in [0.717, 1.165) is 12.5 Å². The van der Waals surface area contributed by atoms with Crippen LogP contribution in [0.4, 0.5) is 0 Å². The fraction of sp³-hybridized carbons (Fsp3) is 1.00. The van der Waals surface area contributed by atoms with Crippen LogP contribution in [0.2, 0.25) is 0 Å². The van der Waals surface area contributed by atoms with E-state index in [-0.39, 0.29) is 0 Å². The summed E-state index contributed by atoms with van der Waals surface area (Å²) in [5, 5.41) is 0. The molecule has 0 amide bonds. The summed E-state index contributed by atoms with van der Waals surface area (Å²) in [5.41, 5.74) is 0. The molecule has 0 aromatic heterocycles. The van der Waals surface area contributed by atoms with E-state index in [1.54, 1.807) is 0 Å². The van der Waals surface area contributed by atoms with Gasteiger partial charge in [-0.2, -0.15) is 0 Å². The summed E-state index contributed by atoms with van der Waals surface area (Å²) in [7, 11) is 0. The van der Waals surface area contributed by atoms with Crippen molar-refractivity contribution in [1.82, 2.24) is 9.80 Å². The Morgan fingerprint density at radius 3 is 2.25 bits per heavy atom. The predicted octanol–water partition coefficient (Wildman–Crippen LogP) is 2.91. The summed E-state index contributed by atoms with van der Waals surface area (Å²) in [5.74, 6) is 2.00. The maximum atomic E-state index is 6.19. The van der Waals surface area contributed by atoms with E-state index >= 15 is 0 Å². The molecular weight excluding hydrogens is 268 g/mol. The van der Waals surface area contributed by atoms with Crippen molar-refractivity contribution in [2.24, 2.45) is 5.92 Å². The molecule has 2 saturated heterocycles. The topological polar surface area (TPSA) is 15.7 Å². The van der Waals surface area contributed by atoms with Gasteiger partial charge in [-0.3, -0.25) is 4.90 Å². The van der Waals surface area contributed by atoms with Gasteiger partial charge in [0.25, 0.3) is 0 Å². The fourth-order valence-electron chi connectivity index (χ4n) is 3.35. The summed E-state index contributed by atoms with van der Waals surface area (Å²) in [6, 6.07) is 0. The molecule has 0 N–H and O–H groups in total. The van der Waals surface area contributed by atoms with E-state index in [9.17, 15) is 0 Å². The summed E-state index contributed by atoms with van der Waals surface area (Å²) in [6.45, 7) is 9.58. The lowest BCUT2D eigenvalue weighted by atomic mass is 9.97. The molecule has 0 radical (unpaired) electrons. The third kappa shape index (κ3) is 5.55. The molecule has 2 rings (SSSR count). The number of nitrogens with zero attached hydrogens (tertiary/aromatic N) is 2. The zero-order chi connectivity index (χ0) is 14.2. The Kier molecular flexibility index (Phi) is 7.71. The number of hydrogen-bond donors (Lipinski definition) is 0. The monoisotopic (exact) mass is 300 g/mol. The molecule has 0 spiro atoms. The Balaban J connectivity index is 1.55. The Bertz CT molecular complexity index is 223. The third-order valence-electron chi connectivity index (χ3n) is 4.66. The molecular formula is C16H32N2OS. The average Bonchev–Trinajstić information content (AvgIpc) is 2.49. The molecule has 0 aliphatic carbocycles. The van der Waals surface area contributed by atoms with E-state index < -0.39 is 0 Å². The van der Waals surface area contributed by atoms with E-state index in [0.29, 0.717) is 6.10 Å². The van der Waals surface area contributed by atoms with Gasteiger partial charge >= 0.3 is 0 Å². The minimum atomic E-state index is 0.529. The number of likely N-dealkylation sites (tertiary alicyclic amines) is 2. The van der Waals surface area contributed by atoms with Gasteiger partial charge in [-0.1, -0.05) is 6.92 Å². The van der Waals surface area contributed by atoms with Crippen molar-refractivity contribution in [3.8, 4) is 0 Å². The van der Waals surface area contributed by atoms with Gasteiger partial charge < -0.3 is 9.64 Å². The van der Waals surface area contributed by atoms with Gasteiger partial charge in [-0.25, -0.2) is 0 Å². The van der Waals surface area contributed by atoms with Crippen molar-refractivity contribution in [2.75, 3.05) is 51.5 Å². The lowest BCUT2D eigenvalue weighted by Gasteiger charge is -2.34. The van der Waals surface area contributed by atoms with Crippen molar-refractivity contribution < 1.29 is 4.74 Å². The lowest BCUT2D eigenvalue weighted by Crippen LogP contribution is -2.39. The summed E-state index contributed by atoms with van der Waals surface area (Å²) in [6.07, 6.45) is 9.14. The highest BCUT2D eigenvalue weighted by molar-refractivity contribution is 7.98. The second kappa shape index (κ2) is 9.29. The molecule has 4 heteroatoms. The maximum absolute atomic E-state index is 6.19. The van der Waals surface area contributed by atoms with Gasteiger partial charge in [-0.15, -0.1) is 11.8 Å². The van der Waals surface area contributed by atoms with Crippen LogP contribution >= 0.6 is 11.8 Å². The van der Waals surface area contributed by atoms with E-state index in [1.165, 1.54) is 70.7 Å². The van der Waals surface area contributed by atoms with Crippen LogP contribution in [-0.2, 0) is 4.74 Å². The fourth-order valence-corrected chi connectivity index (χ4v) is 3.98. The summed E-state index contributed by atoms with van der Waals surface area (Å²) < 4.78 is 6.19. The van der Waals surface area contributed by atoms with Gasteiger partial charge in [0.2, 0.25) is 0 Å². The number of thioether (sulfide) groups is 1. The van der Waals surface area contributed by atoms with E-state index in [1.807, 2.05) is 11.8 Å². The summed E-state index contributed by atoms with van der Waals surface area (Å²) >= 11 is 1.93. The first-order valence-electron chi connectivity index (χ1n) is 8.37. The Hall–Kier alpha value is 0.230. The van der Waals surface area contributed by atoms with E-state index in [4.69, 9.17) is 4.74 Å². The second-order valence-electron chi connectivity index (χ2n) is 6.35.